The number of aliphatic hydroxyl groups excluding tert-OH is 1. The summed E-state index contributed by atoms with van der Waals surface area (Å²) in [5.74, 6) is 0.486. The maximum absolute atomic E-state index is 11.4. The summed E-state index contributed by atoms with van der Waals surface area (Å²) in [6.07, 6.45) is -1.02. The van der Waals surface area contributed by atoms with Crippen molar-refractivity contribution in [1.82, 2.24) is 5.32 Å². The third kappa shape index (κ3) is 4.07. The summed E-state index contributed by atoms with van der Waals surface area (Å²) in [7, 11) is 0. The number of likely N-dealkylation sites (N-methyl/N-ethyl adjacent to an activating group) is 1. The van der Waals surface area contributed by atoms with Gasteiger partial charge in [0.2, 0.25) is 0 Å². The number of benzene rings is 1. The molecule has 1 rings (SSSR count). The van der Waals surface area contributed by atoms with Crippen LogP contribution in [0.25, 0.3) is 0 Å². The fourth-order valence-corrected chi connectivity index (χ4v) is 1.40. The quantitative estimate of drug-likeness (QED) is 0.818. The zero-order valence-corrected chi connectivity index (χ0v) is 10.4. The number of carbonyl (C=O) groups excluding carboxylic acids is 1. The maximum atomic E-state index is 11.4. The molecule has 1 amide bonds. The van der Waals surface area contributed by atoms with Crippen molar-refractivity contribution in [3.8, 4) is 5.75 Å². The fourth-order valence-electron chi connectivity index (χ4n) is 1.40. The van der Waals surface area contributed by atoms with E-state index in [0.29, 0.717) is 12.3 Å². The van der Waals surface area contributed by atoms with Crippen LogP contribution in [0, 0.1) is 0 Å². The molecular weight excluding hydrogens is 218 g/mol. The summed E-state index contributed by atoms with van der Waals surface area (Å²) in [6, 6.07) is 7.06. The van der Waals surface area contributed by atoms with E-state index in [9.17, 15) is 9.90 Å². The predicted octanol–water partition coefficient (Wildman–Crippen LogP) is 1.64. The van der Waals surface area contributed by atoms with Gasteiger partial charge in [0.1, 0.15) is 5.75 Å². The largest absolute Gasteiger partial charge is 0.481 e. The van der Waals surface area contributed by atoms with Crippen molar-refractivity contribution < 1.29 is 14.6 Å². The molecule has 0 radical (unpaired) electrons. The van der Waals surface area contributed by atoms with Gasteiger partial charge in [-0.3, -0.25) is 4.79 Å². The van der Waals surface area contributed by atoms with Gasteiger partial charge in [-0.15, -0.1) is 0 Å². The molecule has 0 aliphatic rings. The van der Waals surface area contributed by atoms with Crippen LogP contribution in [0.3, 0.4) is 0 Å². The highest BCUT2D eigenvalue weighted by atomic mass is 16.5. The minimum atomic E-state index is -0.521. The third-order valence-electron chi connectivity index (χ3n) is 2.40. The van der Waals surface area contributed by atoms with Crippen LogP contribution in [0.1, 0.15) is 32.4 Å². The lowest BCUT2D eigenvalue weighted by molar-refractivity contribution is -0.127. The first-order valence-electron chi connectivity index (χ1n) is 5.77. The number of nitrogens with one attached hydrogen (secondary N) is 1. The van der Waals surface area contributed by atoms with Crippen molar-refractivity contribution in [3.63, 3.8) is 0 Å². The number of ether oxygens (including phenoxy) is 1. The van der Waals surface area contributed by atoms with Crippen LogP contribution in [0.2, 0.25) is 0 Å². The molecular formula is C13H19NO3. The number of aliphatic hydroxyl groups is 1. The van der Waals surface area contributed by atoms with E-state index in [1.54, 1.807) is 38.1 Å². The number of carbonyl (C=O) groups is 1. The summed E-state index contributed by atoms with van der Waals surface area (Å²) < 4.78 is 5.47. The summed E-state index contributed by atoms with van der Waals surface area (Å²) in [6.45, 7) is 5.86. The van der Waals surface area contributed by atoms with E-state index in [1.165, 1.54) is 0 Å². The summed E-state index contributed by atoms with van der Waals surface area (Å²) >= 11 is 0. The average Bonchev–Trinajstić information content (AvgIpc) is 2.30. The first kappa shape index (κ1) is 13.5. The molecule has 2 N–H and O–H groups in total. The second kappa shape index (κ2) is 6.25. The zero-order valence-electron chi connectivity index (χ0n) is 10.4. The fraction of sp³-hybridized carbons (Fsp3) is 0.462. The Labute approximate surface area is 102 Å². The van der Waals surface area contributed by atoms with E-state index >= 15 is 0 Å². The predicted molar refractivity (Wildman–Crippen MR) is 65.8 cm³/mol. The minimum Gasteiger partial charge on any atom is -0.481 e. The molecule has 4 nitrogen and oxygen atoms in total. The number of rotatable bonds is 5. The molecule has 94 valence electrons. The smallest absolute Gasteiger partial charge is 0.260 e. The second-order valence-corrected chi connectivity index (χ2v) is 3.90. The van der Waals surface area contributed by atoms with E-state index in [4.69, 9.17) is 4.74 Å². The van der Waals surface area contributed by atoms with Gasteiger partial charge in [0.25, 0.3) is 5.91 Å². The van der Waals surface area contributed by atoms with Crippen LogP contribution in [-0.2, 0) is 4.79 Å². The Bertz CT molecular complexity index is 359. The topological polar surface area (TPSA) is 58.6 Å². The van der Waals surface area contributed by atoms with Crippen LogP contribution < -0.4 is 10.1 Å². The molecule has 0 saturated heterocycles. The SMILES string of the molecule is CCNC(=O)C(C)Oc1ccc([C@H](C)O)cc1. The van der Waals surface area contributed by atoms with Crippen molar-refractivity contribution in [2.24, 2.45) is 0 Å². The standard InChI is InChI=1S/C13H19NO3/c1-4-14-13(16)10(3)17-12-7-5-11(6-8-12)9(2)15/h5-10,15H,4H2,1-3H3,(H,14,16)/t9-,10?/m0/s1. The van der Waals surface area contributed by atoms with Crippen LogP contribution in [-0.4, -0.2) is 23.7 Å². The summed E-state index contributed by atoms with van der Waals surface area (Å²) in [5, 5.41) is 12.0. The van der Waals surface area contributed by atoms with Crippen molar-refractivity contribution in [3.05, 3.63) is 29.8 Å². The molecule has 0 saturated carbocycles. The molecule has 0 aliphatic heterocycles. The molecule has 0 heterocycles. The Morgan fingerprint density at radius 3 is 2.41 bits per heavy atom. The van der Waals surface area contributed by atoms with Gasteiger partial charge in [-0.25, -0.2) is 0 Å². The minimum absolute atomic E-state index is 0.132. The van der Waals surface area contributed by atoms with Crippen LogP contribution in [0.5, 0.6) is 5.75 Å². The van der Waals surface area contributed by atoms with Crippen molar-refractivity contribution >= 4 is 5.91 Å². The lowest BCUT2D eigenvalue weighted by Gasteiger charge is -2.14. The average molecular weight is 237 g/mol. The molecule has 1 aromatic carbocycles. The highest BCUT2D eigenvalue weighted by molar-refractivity contribution is 5.80. The number of hydrogen-bond acceptors (Lipinski definition) is 3. The number of hydrogen-bond donors (Lipinski definition) is 2. The van der Waals surface area contributed by atoms with Crippen LogP contribution in [0.4, 0.5) is 0 Å². The molecule has 2 atom stereocenters. The van der Waals surface area contributed by atoms with Crippen molar-refractivity contribution in [1.29, 1.82) is 0 Å². The Kier molecular flexibility index (Phi) is 4.97. The van der Waals surface area contributed by atoms with Gasteiger partial charge in [-0.05, 0) is 38.5 Å². The maximum Gasteiger partial charge on any atom is 0.260 e. The van der Waals surface area contributed by atoms with Gasteiger partial charge in [0.15, 0.2) is 6.10 Å². The van der Waals surface area contributed by atoms with E-state index in [2.05, 4.69) is 5.32 Å². The van der Waals surface area contributed by atoms with Gasteiger partial charge in [0.05, 0.1) is 6.10 Å². The van der Waals surface area contributed by atoms with Gasteiger partial charge >= 0.3 is 0 Å². The van der Waals surface area contributed by atoms with E-state index in [0.717, 1.165) is 5.56 Å². The van der Waals surface area contributed by atoms with E-state index < -0.39 is 12.2 Å². The molecule has 0 bridgehead atoms. The lowest BCUT2D eigenvalue weighted by Crippen LogP contribution is -2.36. The van der Waals surface area contributed by atoms with Crippen molar-refractivity contribution in [2.75, 3.05) is 6.54 Å². The van der Waals surface area contributed by atoms with Crippen LogP contribution in [0.15, 0.2) is 24.3 Å². The van der Waals surface area contributed by atoms with Crippen molar-refractivity contribution in [2.45, 2.75) is 33.0 Å². The summed E-state index contributed by atoms with van der Waals surface area (Å²) in [5.41, 5.74) is 0.822. The second-order valence-electron chi connectivity index (χ2n) is 3.90. The Balaban J connectivity index is 2.60. The van der Waals surface area contributed by atoms with E-state index in [-0.39, 0.29) is 5.91 Å². The monoisotopic (exact) mass is 237 g/mol. The normalized spacial score (nSPS) is 13.9. The van der Waals surface area contributed by atoms with Gasteiger partial charge in [0, 0.05) is 6.54 Å². The summed E-state index contributed by atoms with van der Waals surface area (Å²) in [4.78, 5) is 11.4. The molecule has 4 heteroatoms. The zero-order chi connectivity index (χ0) is 12.8. The van der Waals surface area contributed by atoms with Crippen LogP contribution >= 0.6 is 0 Å². The van der Waals surface area contributed by atoms with E-state index in [1.807, 2.05) is 6.92 Å². The molecule has 0 aliphatic carbocycles. The van der Waals surface area contributed by atoms with Gasteiger partial charge < -0.3 is 15.2 Å². The number of amides is 1. The Hall–Kier alpha value is -1.55. The molecule has 0 spiro atoms. The molecule has 17 heavy (non-hydrogen) atoms. The highest BCUT2D eigenvalue weighted by Gasteiger charge is 2.13. The highest BCUT2D eigenvalue weighted by Crippen LogP contribution is 2.18. The molecule has 0 aromatic heterocycles. The molecule has 1 aromatic rings. The molecule has 1 unspecified atom stereocenters. The Morgan fingerprint density at radius 2 is 1.94 bits per heavy atom. The third-order valence-corrected chi connectivity index (χ3v) is 2.40. The van der Waals surface area contributed by atoms with Gasteiger partial charge in [-0.2, -0.15) is 0 Å². The Morgan fingerprint density at radius 1 is 1.35 bits per heavy atom. The lowest BCUT2D eigenvalue weighted by atomic mass is 10.1. The first-order chi connectivity index (χ1) is 8.04. The molecule has 0 fully saturated rings. The first-order valence-corrected chi connectivity index (χ1v) is 5.77. The van der Waals surface area contributed by atoms with Gasteiger partial charge in [-0.1, -0.05) is 12.1 Å².